The maximum atomic E-state index is 13.7. The quantitative estimate of drug-likeness (QED) is 0.732. The number of benzene rings is 1. The van der Waals surface area contributed by atoms with E-state index < -0.39 is 0 Å². The zero-order valence-corrected chi connectivity index (χ0v) is 15.3. The fourth-order valence-corrected chi connectivity index (χ4v) is 3.39. The second-order valence-electron chi connectivity index (χ2n) is 6.02. The average Bonchev–Trinajstić information content (AvgIpc) is 3.30. The maximum absolute atomic E-state index is 13.7. The molecule has 0 unspecified atom stereocenters. The Labute approximate surface area is 154 Å². The van der Waals surface area contributed by atoms with Gasteiger partial charge in [0.25, 0.3) is 0 Å². The monoisotopic (exact) mass is 406 g/mol. The Morgan fingerprint density at radius 2 is 2.16 bits per heavy atom. The van der Waals surface area contributed by atoms with Gasteiger partial charge in [-0.1, -0.05) is 15.9 Å². The van der Waals surface area contributed by atoms with Crippen molar-refractivity contribution in [3.63, 3.8) is 0 Å². The van der Waals surface area contributed by atoms with E-state index in [1.807, 2.05) is 12.1 Å². The van der Waals surface area contributed by atoms with Crippen LogP contribution in [0.3, 0.4) is 0 Å². The highest BCUT2D eigenvalue weighted by Gasteiger charge is 2.25. The van der Waals surface area contributed by atoms with E-state index in [1.165, 1.54) is 18.2 Å². The maximum Gasteiger partial charge on any atom is 0.244 e. The molecular formula is C19H20BrFN2O2. The van der Waals surface area contributed by atoms with Gasteiger partial charge < -0.3 is 9.73 Å². The SMILES string of the molecule is O=C(/C=C/c1cc(Br)ccc1F)NC[C@@H](c1ccco1)N1CCCC1. The molecule has 1 aromatic carbocycles. The molecular weight excluding hydrogens is 387 g/mol. The van der Waals surface area contributed by atoms with Crippen molar-refractivity contribution in [2.45, 2.75) is 18.9 Å². The number of hydrogen-bond donors (Lipinski definition) is 1. The zero-order chi connectivity index (χ0) is 17.6. The molecule has 0 spiro atoms. The first-order chi connectivity index (χ1) is 12.1. The van der Waals surface area contributed by atoms with Crippen molar-refractivity contribution in [2.75, 3.05) is 19.6 Å². The van der Waals surface area contributed by atoms with Crippen LogP contribution in [0.5, 0.6) is 0 Å². The number of rotatable bonds is 6. The number of halogens is 2. The van der Waals surface area contributed by atoms with E-state index in [0.717, 1.165) is 36.2 Å². The lowest BCUT2D eigenvalue weighted by molar-refractivity contribution is -0.116. The second-order valence-corrected chi connectivity index (χ2v) is 6.93. The summed E-state index contributed by atoms with van der Waals surface area (Å²) in [5, 5.41) is 2.89. The Morgan fingerprint density at radius 1 is 1.36 bits per heavy atom. The second kappa shape index (κ2) is 8.45. The van der Waals surface area contributed by atoms with Gasteiger partial charge in [0.1, 0.15) is 11.6 Å². The van der Waals surface area contributed by atoms with Gasteiger partial charge in [0.05, 0.1) is 12.3 Å². The molecule has 1 N–H and O–H groups in total. The molecule has 1 aliphatic heterocycles. The predicted octanol–water partition coefficient (Wildman–Crippen LogP) is 4.15. The van der Waals surface area contributed by atoms with Crippen LogP contribution in [0.1, 0.15) is 30.2 Å². The van der Waals surface area contributed by atoms with E-state index in [0.29, 0.717) is 12.1 Å². The van der Waals surface area contributed by atoms with Gasteiger partial charge in [-0.3, -0.25) is 9.69 Å². The summed E-state index contributed by atoms with van der Waals surface area (Å²) in [6, 6.07) is 8.43. The minimum atomic E-state index is -0.363. The molecule has 0 bridgehead atoms. The highest BCUT2D eigenvalue weighted by molar-refractivity contribution is 9.10. The largest absolute Gasteiger partial charge is 0.468 e. The van der Waals surface area contributed by atoms with E-state index in [4.69, 9.17) is 4.42 Å². The van der Waals surface area contributed by atoms with Crippen molar-refractivity contribution >= 4 is 27.9 Å². The molecule has 6 heteroatoms. The molecule has 25 heavy (non-hydrogen) atoms. The van der Waals surface area contributed by atoms with Gasteiger partial charge in [0.2, 0.25) is 5.91 Å². The van der Waals surface area contributed by atoms with Crippen LogP contribution in [0.25, 0.3) is 6.08 Å². The third kappa shape index (κ3) is 4.80. The van der Waals surface area contributed by atoms with Crippen molar-refractivity contribution in [2.24, 2.45) is 0 Å². The summed E-state index contributed by atoms with van der Waals surface area (Å²) in [5.41, 5.74) is 0.367. The molecule has 2 aromatic rings. The number of carbonyl (C=O) groups is 1. The van der Waals surface area contributed by atoms with Gasteiger partial charge in [0.15, 0.2) is 0 Å². The number of nitrogens with one attached hydrogen (secondary N) is 1. The van der Waals surface area contributed by atoms with Crippen LogP contribution in [-0.4, -0.2) is 30.4 Å². The molecule has 1 amide bonds. The number of furan rings is 1. The summed E-state index contributed by atoms with van der Waals surface area (Å²) >= 11 is 3.30. The lowest BCUT2D eigenvalue weighted by Crippen LogP contribution is -2.36. The molecule has 4 nitrogen and oxygen atoms in total. The minimum absolute atomic E-state index is 0.0254. The Kier molecular flexibility index (Phi) is 6.04. The number of likely N-dealkylation sites (tertiary alicyclic amines) is 1. The molecule has 0 aliphatic carbocycles. The Morgan fingerprint density at radius 3 is 2.88 bits per heavy atom. The summed E-state index contributed by atoms with van der Waals surface area (Å²) in [4.78, 5) is 14.4. The molecule has 1 aliphatic rings. The topological polar surface area (TPSA) is 45.5 Å². The molecule has 1 atom stereocenters. The minimum Gasteiger partial charge on any atom is -0.468 e. The van der Waals surface area contributed by atoms with Crippen molar-refractivity contribution in [1.82, 2.24) is 10.2 Å². The number of carbonyl (C=O) groups excluding carboxylic acids is 1. The van der Waals surface area contributed by atoms with Crippen LogP contribution >= 0.6 is 15.9 Å². The van der Waals surface area contributed by atoms with E-state index >= 15 is 0 Å². The highest BCUT2D eigenvalue weighted by atomic mass is 79.9. The summed E-state index contributed by atoms with van der Waals surface area (Å²) in [7, 11) is 0. The lowest BCUT2D eigenvalue weighted by Gasteiger charge is -2.25. The van der Waals surface area contributed by atoms with Crippen LogP contribution in [-0.2, 0) is 4.79 Å². The third-order valence-corrected chi connectivity index (χ3v) is 4.79. The van der Waals surface area contributed by atoms with Crippen LogP contribution in [0.4, 0.5) is 4.39 Å². The van der Waals surface area contributed by atoms with E-state index in [9.17, 15) is 9.18 Å². The molecule has 2 heterocycles. The first kappa shape index (κ1) is 17.9. The van der Waals surface area contributed by atoms with Crippen LogP contribution < -0.4 is 5.32 Å². The van der Waals surface area contributed by atoms with Crippen LogP contribution in [0.2, 0.25) is 0 Å². The van der Waals surface area contributed by atoms with Gasteiger partial charge in [-0.25, -0.2) is 4.39 Å². The van der Waals surface area contributed by atoms with Gasteiger partial charge in [-0.15, -0.1) is 0 Å². The third-order valence-electron chi connectivity index (χ3n) is 4.29. The molecule has 1 saturated heterocycles. The van der Waals surface area contributed by atoms with Gasteiger partial charge >= 0.3 is 0 Å². The van der Waals surface area contributed by atoms with E-state index in [-0.39, 0.29) is 17.8 Å². The fourth-order valence-electron chi connectivity index (χ4n) is 3.01. The van der Waals surface area contributed by atoms with Crippen LogP contribution in [0.15, 0.2) is 51.6 Å². The molecule has 0 saturated carbocycles. The first-order valence-corrected chi connectivity index (χ1v) is 9.11. The smallest absolute Gasteiger partial charge is 0.244 e. The Hall–Kier alpha value is -1.92. The summed E-state index contributed by atoms with van der Waals surface area (Å²) in [6.45, 7) is 2.46. The van der Waals surface area contributed by atoms with Gasteiger partial charge in [-0.2, -0.15) is 0 Å². The first-order valence-electron chi connectivity index (χ1n) is 8.32. The summed E-state index contributed by atoms with van der Waals surface area (Å²) < 4.78 is 20.0. The molecule has 0 radical (unpaired) electrons. The van der Waals surface area contributed by atoms with Crippen molar-refractivity contribution in [3.8, 4) is 0 Å². The standard InChI is InChI=1S/C19H20BrFN2O2/c20-15-6-7-16(21)14(12-15)5-8-19(24)22-13-17(18-4-3-11-25-18)23-9-1-2-10-23/h3-8,11-12,17H,1-2,9-10,13H2,(H,22,24)/b8-5+/t17-/m0/s1. The zero-order valence-electron chi connectivity index (χ0n) is 13.8. The Balaban J connectivity index is 1.61. The molecule has 1 fully saturated rings. The van der Waals surface area contributed by atoms with E-state index in [2.05, 4.69) is 26.1 Å². The summed E-state index contributed by atoms with van der Waals surface area (Å²) in [5.74, 6) is 0.233. The van der Waals surface area contributed by atoms with Crippen LogP contribution in [0, 0.1) is 5.82 Å². The molecule has 1 aromatic heterocycles. The normalized spacial score (nSPS) is 16.4. The number of hydrogen-bond acceptors (Lipinski definition) is 3. The number of nitrogens with zero attached hydrogens (tertiary/aromatic N) is 1. The van der Waals surface area contributed by atoms with Crippen molar-refractivity contribution < 1.29 is 13.6 Å². The molecule has 132 valence electrons. The fraction of sp³-hybridized carbons (Fsp3) is 0.316. The Bertz CT molecular complexity index is 740. The predicted molar refractivity (Wildman–Crippen MR) is 98.4 cm³/mol. The van der Waals surface area contributed by atoms with Gasteiger partial charge in [-0.05, 0) is 62.3 Å². The summed E-state index contributed by atoms with van der Waals surface area (Å²) in [6.07, 6.45) is 6.80. The average molecular weight is 407 g/mol. The van der Waals surface area contributed by atoms with Gasteiger partial charge in [0, 0.05) is 22.7 Å². The highest BCUT2D eigenvalue weighted by Crippen LogP contribution is 2.24. The molecule has 3 rings (SSSR count). The van der Waals surface area contributed by atoms with Crippen molar-refractivity contribution in [1.29, 1.82) is 0 Å². The van der Waals surface area contributed by atoms with E-state index in [1.54, 1.807) is 18.4 Å². The lowest BCUT2D eigenvalue weighted by atomic mass is 10.2. The number of amides is 1. The van der Waals surface area contributed by atoms with Crippen molar-refractivity contribution in [3.05, 3.63) is 64.3 Å².